The number of amides is 1. The Balaban J connectivity index is 1.95. The van der Waals surface area contributed by atoms with Gasteiger partial charge in [0.15, 0.2) is 0 Å². The first-order chi connectivity index (χ1) is 10.2. The topological polar surface area (TPSA) is 46.3 Å². The summed E-state index contributed by atoms with van der Waals surface area (Å²) in [5, 5.41) is 2.02. The Morgan fingerprint density at radius 2 is 2.14 bits per heavy atom. The molecule has 0 aliphatic heterocycles. The third-order valence-corrected chi connectivity index (χ3v) is 4.83. The fourth-order valence-electron chi connectivity index (χ4n) is 1.84. The van der Waals surface area contributed by atoms with Crippen molar-refractivity contribution in [3.05, 3.63) is 59.3 Å². The zero-order valence-electron chi connectivity index (χ0n) is 11.7. The SMILES string of the molecule is C=CCN(Cc1cccs1)C(=O)CSc1ccccc1N. The predicted octanol–water partition coefficient (Wildman–Crippen LogP) is 3.64. The van der Waals surface area contributed by atoms with Crippen LogP contribution in [0.25, 0.3) is 0 Å². The molecule has 2 aromatic rings. The van der Waals surface area contributed by atoms with Crippen molar-refractivity contribution in [1.29, 1.82) is 0 Å². The first kappa shape index (κ1) is 15.7. The van der Waals surface area contributed by atoms with Crippen LogP contribution in [0.2, 0.25) is 0 Å². The van der Waals surface area contributed by atoms with Gasteiger partial charge in [0.05, 0.1) is 12.3 Å². The molecule has 1 amide bonds. The van der Waals surface area contributed by atoms with Crippen LogP contribution in [-0.2, 0) is 11.3 Å². The highest BCUT2D eigenvalue weighted by atomic mass is 32.2. The molecular formula is C16H18N2OS2. The fourth-order valence-corrected chi connectivity index (χ4v) is 3.43. The lowest BCUT2D eigenvalue weighted by Crippen LogP contribution is -2.31. The molecule has 0 atom stereocenters. The van der Waals surface area contributed by atoms with Crippen molar-refractivity contribution < 1.29 is 4.79 Å². The minimum absolute atomic E-state index is 0.0940. The molecule has 0 bridgehead atoms. The zero-order chi connectivity index (χ0) is 15.1. The van der Waals surface area contributed by atoms with E-state index in [1.807, 2.05) is 46.7 Å². The number of nitrogens with two attached hydrogens (primary N) is 1. The van der Waals surface area contributed by atoms with Crippen molar-refractivity contribution >= 4 is 34.7 Å². The minimum Gasteiger partial charge on any atom is -0.398 e. The summed E-state index contributed by atoms with van der Waals surface area (Å²) < 4.78 is 0. The largest absolute Gasteiger partial charge is 0.398 e. The van der Waals surface area contributed by atoms with Gasteiger partial charge in [-0.2, -0.15) is 0 Å². The number of carbonyl (C=O) groups is 1. The highest BCUT2D eigenvalue weighted by molar-refractivity contribution is 8.00. The summed E-state index contributed by atoms with van der Waals surface area (Å²) >= 11 is 3.13. The lowest BCUT2D eigenvalue weighted by molar-refractivity contribution is -0.128. The van der Waals surface area contributed by atoms with Crippen LogP contribution in [0.5, 0.6) is 0 Å². The normalized spacial score (nSPS) is 10.3. The number of thiophene rings is 1. The van der Waals surface area contributed by atoms with Crippen molar-refractivity contribution in [3.8, 4) is 0 Å². The fraction of sp³-hybridized carbons (Fsp3) is 0.188. The molecule has 0 saturated carbocycles. The Labute approximate surface area is 133 Å². The van der Waals surface area contributed by atoms with Gasteiger partial charge in [0.1, 0.15) is 0 Å². The van der Waals surface area contributed by atoms with Crippen LogP contribution in [0.4, 0.5) is 5.69 Å². The third kappa shape index (κ3) is 4.65. The molecular weight excluding hydrogens is 300 g/mol. The molecule has 1 heterocycles. The zero-order valence-corrected chi connectivity index (χ0v) is 13.3. The predicted molar refractivity (Wildman–Crippen MR) is 91.5 cm³/mol. The van der Waals surface area contributed by atoms with Crippen LogP contribution in [-0.4, -0.2) is 23.1 Å². The molecule has 5 heteroatoms. The average Bonchev–Trinajstić information content (AvgIpc) is 2.99. The van der Waals surface area contributed by atoms with Gasteiger partial charge < -0.3 is 10.6 Å². The summed E-state index contributed by atoms with van der Waals surface area (Å²) in [4.78, 5) is 16.3. The standard InChI is InChI=1S/C16H18N2OS2/c1-2-9-18(11-13-6-5-10-20-13)16(19)12-21-15-8-4-3-7-14(15)17/h2-8,10H,1,9,11-12,17H2. The first-order valence-corrected chi connectivity index (χ1v) is 8.45. The van der Waals surface area contributed by atoms with E-state index in [0.29, 0.717) is 24.5 Å². The Bertz CT molecular complexity index is 596. The van der Waals surface area contributed by atoms with Crippen LogP contribution in [0, 0.1) is 0 Å². The van der Waals surface area contributed by atoms with Gasteiger partial charge in [0.25, 0.3) is 0 Å². The molecule has 21 heavy (non-hydrogen) atoms. The van der Waals surface area contributed by atoms with Crippen LogP contribution in [0.1, 0.15) is 4.88 Å². The molecule has 2 N–H and O–H groups in total. The van der Waals surface area contributed by atoms with E-state index in [1.165, 1.54) is 16.6 Å². The lowest BCUT2D eigenvalue weighted by atomic mass is 10.3. The second kappa shape index (κ2) is 7.90. The molecule has 110 valence electrons. The molecule has 3 nitrogen and oxygen atoms in total. The van der Waals surface area contributed by atoms with E-state index < -0.39 is 0 Å². The third-order valence-electron chi connectivity index (χ3n) is 2.90. The van der Waals surface area contributed by atoms with E-state index >= 15 is 0 Å². The van der Waals surface area contributed by atoms with Crippen molar-refractivity contribution in [2.45, 2.75) is 11.4 Å². The number of thioether (sulfide) groups is 1. The Morgan fingerprint density at radius 1 is 1.33 bits per heavy atom. The molecule has 0 unspecified atom stereocenters. The molecule has 2 rings (SSSR count). The molecule has 0 spiro atoms. The number of rotatable bonds is 7. The van der Waals surface area contributed by atoms with Crippen LogP contribution in [0.3, 0.4) is 0 Å². The second-order valence-corrected chi connectivity index (χ2v) is 6.52. The quantitative estimate of drug-likeness (QED) is 0.482. The summed E-state index contributed by atoms with van der Waals surface area (Å²) in [6.45, 7) is 4.92. The summed E-state index contributed by atoms with van der Waals surface area (Å²) in [5.41, 5.74) is 6.60. The highest BCUT2D eigenvalue weighted by Gasteiger charge is 2.14. The summed E-state index contributed by atoms with van der Waals surface area (Å²) in [7, 11) is 0. The molecule has 0 aliphatic rings. The Kier molecular flexibility index (Phi) is 5.90. The summed E-state index contributed by atoms with van der Waals surface area (Å²) in [6, 6.07) is 11.6. The smallest absolute Gasteiger partial charge is 0.233 e. The van der Waals surface area contributed by atoms with Gasteiger partial charge in [-0.1, -0.05) is 24.3 Å². The number of para-hydroxylation sites is 1. The van der Waals surface area contributed by atoms with Gasteiger partial charge in [-0.15, -0.1) is 29.7 Å². The summed E-state index contributed by atoms with van der Waals surface area (Å²) in [6.07, 6.45) is 1.76. The Hall–Kier alpha value is -1.72. The van der Waals surface area contributed by atoms with Gasteiger partial charge in [-0.3, -0.25) is 4.79 Å². The monoisotopic (exact) mass is 318 g/mol. The van der Waals surface area contributed by atoms with Gasteiger partial charge in [0.2, 0.25) is 5.91 Å². The van der Waals surface area contributed by atoms with Crippen molar-refractivity contribution in [1.82, 2.24) is 4.90 Å². The van der Waals surface area contributed by atoms with E-state index in [1.54, 1.807) is 17.4 Å². The molecule has 0 saturated heterocycles. The number of nitrogens with zero attached hydrogens (tertiary/aromatic N) is 1. The second-order valence-electron chi connectivity index (χ2n) is 4.47. The van der Waals surface area contributed by atoms with Crippen molar-refractivity contribution in [3.63, 3.8) is 0 Å². The first-order valence-electron chi connectivity index (χ1n) is 6.59. The van der Waals surface area contributed by atoms with Crippen molar-refractivity contribution in [2.24, 2.45) is 0 Å². The van der Waals surface area contributed by atoms with E-state index in [4.69, 9.17) is 5.73 Å². The Morgan fingerprint density at radius 3 is 2.81 bits per heavy atom. The number of benzene rings is 1. The number of hydrogen-bond acceptors (Lipinski definition) is 4. The van der Waals surface area contributed by atoms with E-state index in [2.05, 4.69) is 6.58 Å². The molecule has 0 aliphatic carbocycles. The number of carbonyl (C=O) groups excluding carboxylic acids is 1. The van der Waals surface area contributed by atoms with Gasteiger partial charge in [0, 0.05) is 22.0 Å². The minimum atomic E-state index is 0.0940. The van der Waals surface area contributed by atoms with Crippen LogP contribution in [0.15, 0.2) is 59.3 Å². The maximum atomic E-state index is 12.4. The van der Waals surface area contributed by atoms with Crippen molar-refractivity contribution in [2.75, 3.05) is 18.0 Å². The van der Waals surface area contributed by atoms with E-state index in [9.17, 15) is 4.79 Å². The number of nitrogen functional groups attached to an aromatic ring is 1. The van der Waals surface area contributed by atoms with Crippen LogP contribution >= 0.6 is 23.1 Å². The molecule has 0 radical (unpaired) electrons. The van der Waals surface area contributed by atoms with E-state index in [0.717, 1.165) is 4.90 Å². The number of anilines is 1. The lowest BCUT2D eigenvalue weighted by Gasteiger charge is -2.20. The number of hydrogen-bond donors (Lipinski definition) is 1. The maximum absolute atomic E-state index is 12.4. The molecule has 1 aromatic heterocycles. The summed E-state index contributed by atoms with van der Waals surface area (Å²) in [5.74, 6) is 0.476. The maximum Gasteiger partial charge on any atom is 0.233 e. The van der Waals surface area contributed by atoms with Crippen LogP contribution < -0.4 is 5.73 Å². The molecule has 1 aromatic carbocycles. The highest BCUT2D eigenvalue weighted by Crippen LogP contribution is 2.24. The molecule has 0 fully saturated rings. The van der Waals surface area contributed by atoms with Gasteiger partial charge >= 0.3 is 0 Å². The average molecular weight is 318 g/mol. The van der Waals surface area contributed by atoms with E-state index in [-0.39, 0.29) is 5.91 Å². The van der Waals surface area contributed by atoms with Gasteiger partial charge in [-0.25, -0.2) is 0 Å². The van der Waals surface area contributed by atoms with Gasteiger partial charge in [-0.05, 0) is 23.6 Å².